The van der Waals surface area contributed by atoms with Crippen molar-refractivity contribution in [2.75, 3.05) is 11.6 Å². The molecule has 0 saturated heterocycles. The lowest BCUT2D eigenvalue weighted by Crippen LogP contribution is -2.14. The van der Waals surface area contributed by atoms with Crippen LogP contribution < -0.4 is 5.32 Å². The SMILES string of the molecule is CS(=O)(=O)c1ccc(C(=O)Nc2cc(-c3ccc(F)cn3)c(Cl)cc2F)c(Cl)c1. The summed E-state index contributed by atoms with van der Waals surface area (Å²) in [6.45, 7) is 0. The van der Waals surface area contributed by atoms with Crippen molar-refractivity contribution in [1.29, 1.82) is 0 Å². The lowest BCUT2D eigenvalue weighted by atomic mass is 10.1. The van der Waals surface area contributed by atoms with E-state index in [1.165, 1.54) is 30.3 Å². The average molecular weight is 457 g/mol. The molecule has 1 heterocycles. The highest BCUT2D eigenvalue weighted by Gasteiger charge is 2.18. The lowest BCUT2D eigenvalue weighted by Gasteiger charge is -2.12. The summed E-state index contributed by atoms with van der Waals surface area (Å²) in [5, 5.41) is 2.28. The number of nitrogens with zero attached hydrogens (tertiary/aromatic N) is 1. The first kappa shape index (κ1) is 21.2. The summed E-state index contributed by atoms with van der Waals surface area (Å²) in [6, 6.07) is 8.37. The zero-order chi connectivity index (χ0) is 21.3. The van der Waals surface area contributed by atoms with Gasteiger partial charge in [-0.2, -0.15) is 0 Å². The van der Waals surface area contributed by atoms with E-state index in [1.54, 1.807) is 0 Å². The standard InChI is InChI=1S/C19H12Cl2F2N2O3S/c1-29(27,28)11-3-4-12(14(20)6-11)19(26)25-18-7-13(15(21)8-16(18)23)17-5-2-10(22)9-24-17/h2-9H,1H3,(H,25,26). The number of rotatable bonds is 4. The fourth-order valence-electron chi connectivity index (χ4n) is 2.48. The maximum atomic E-state index is 14.3. The van der Waals surface area contributed by atoms with E-state index in [9.17, 15) is 22.0 Å². The largest absolute Gasteiger partial charge is 0.319 e. The van der Waals surface area contributed by atoms with Crippen molar-refractivity contribution in [3.63, 3.8) is 0 Å². The van der Waals surface area contributed by atoms with E-state index >= 15 is 0 Å². The molecule has 2 aromatic carbocycles. The van der Waals surface area contributed by atoms with Crippen LogP contribution in [0, 0.1) is 11.6 Å². The third kappa shape index (κ3) is 4.72. The highest BCUT2D eigenvalue weighted by atomic mass is 35.5. The zero-order valence-electron chi connectivity index (χ0n) is 14.7. The second-order valence-electron chi connectivity index (χ2n) is 6.04. The van der Waals surface area contributed by atoms with E-state index in [2.05, 4.69) is 10.3 Å². The number of nitrogens with one attached hydrogen (secondary N) is 1. The molecule has 1 N–H and O–H groups in total. The number of anilines is 1. The van der Waals surface area contributed by atoms with Gasteiger partial charge in [-0.15, -0.1) is 0 Å². The van der Waals surface area contributed by atoms with Gasteiger partial charge in [0.15, 0.2) is 9.84 Å². The Hall–Kier alpha value is -2.55. The number of pyridine rings is 1. The molecule has 0 aliphatic carbocycles. The van der Waals surface area contributed by atoms with Gasteiger partial charge in [-0.1, -0.05) is 23.2 Å². The highest BCUT2D eigenvalue weighted by molar-refractivity contribution is 7.90. The summed E-state index contributed by atoms with van der Waals surface area (Å²) >= 11 is 12.1. The number of carbonyl (C=O) groups excluding carboxylic acids is 1. The molecule has 0 bridgehead atoms. The molecule has 5 nitrogen and oxygen atoms in total. The van der Waals surface area contributed by atoms with Gasteiger partial charge in [0.05, 0.1) is 38.1 Å². The van der Waals surface area contributed by atoms with Gasteiger partial charge in [-0.3, -0.25) is 9.78 Å². The molecule has 1 aromatic heterocycles. The average Bonchev–Trinajstić information content (AvgIpc) is 2.64. The van der Waals surface area contributed by atoms with Gasteiger partial charge in [0, 0.05) is 11.8 Å². The van der Waals surface area contributed by atoms with Crippen LogP contribution in [0.4, 0.5) is 14.5 Å². The monoisotopic (exact) mass is 456 g/mol. The van der Waals surface area contributed by atoms with E-state index in [1.807, 2.05) is 0 Å². The molecule has 0 aliphatic heterocycles. The Kier molecular flexibility index (Phi) is 5.88. The third-order valence-corrected chi connectivity index (χ3v) is 5.66. The zero-order valence-corrected chi connectivity index (χ0v) is 17.0. The predicted molar refractivity (Wildman–Crippen MR) is 107 cm³/mol. The summed E-state index contributed by atoms with van der Waals surface area (Å²) in [4.78, 5) is 16.4. The van der Waals surface area contributed by atoms with E-state index in [0.29, 0.717) is 0 Å². The van der Waals surface area contributed by atoms with Crippen LogP contribution in [0.15, 0.2) is 53.6 Å². The van der Waals surface area contributed by atoms with Crippen LogP contribution >= 0.6 is 23.2 Å². The summed E-state index contributed by atoms with van der Waals surface area (Å²) in [5.41, 5.74) is 0.308. The topological polar surface area (TPSA) is 76.1 Å². The van der Waals surface area contributed by atoms with Crippen molar-refractivity contribution < 1.29 is 22.0 Å². The number of sulfone groups is 1. The summed E-state index contributed by atoms with van der Waals surface area (Å²) in [5.74, 6) is -2.11. The number of amides is 1. The number of carbonyl (C=O) groups is 1. The first-order valence-electron chi connectivity index (χ1n) is 7.98. The molecule has 0 radical (unpaired) electrons. The minimum atomic E-state index is -3.50. The Morgan fingerprint density at radius 2 is 1.76 bits per heavy atom. The maximum Gasteiger partial charge on any atom is 0.257 e. The first-order chi connectivity index (χ1) is 13.6. The number of aromatic nitrogens is 1. The minimum absolute atomic E-state index is 0.0233. The van der Waals surface area contributed by atoms with Crippen LogP contribution in [-0.2, 0) is 9.84 Å². The molecule has 1 amide bonds. The molecule has 0 saturated carbocycles. The second-order valence-corrected chi connectivity index (χ2v) is 8.87. The van der Waals surface area contributed by atoms with Crippen LogP contribution in [-0.4, -0.2) is 25.6 Å². The summed E-state index contributed by atoms with van der Waals surface area (Å²) in [6.07, 6.45) is 1.99. The molecule has 0 unspecified atom stereocenters. The molecular weight excluding hydrogens is 445 g/mol. The van der Waals surface area contributed by atoms with Gasteiger partial charge in [-0.25, -0.2) is 17.2 Å². The van der Waals surface area contributed by atoms with Crippen LogP contribution in [0.3, 0.4) is 0 Å². The summed E-state index contributed by atoms with van der Waals surface area (Å²) < 4.78 is 50.6. The maximum absolute atomic E-state index is 14.3. The second kappa shape index (κ2) is 8.06. The van der Waals surface area contributed by atoms with Crippen molar-refractivity contribution in [3.8, 4) is 11.3 Å². The van der Waals surface area contributed by atoms with Crippen molar-refractivity contribution in [2.45, 2.75) is 4.90 Å². The number of hydrogen-bond donors (Lipinski definition) is 1. The Morgan fingerprint density at radius 3 is 2.34 bits per heavy atom. The van der Waals surface area contributed by atoms with E-state index < -0.39 is 27.4 Å². The van der Waals surface area contributed by atoms with Gasteiger partial charge < -0.3 is 5.32 Å². The Balaban J connectivity index is 1.95. The highest BCUT2D eigenvalue weighted by Crippen LogP contribution is 2.32. The predicted octanol–water partition coefficient (Wildman–Crippen LogP) is 4.99. The number of hydrogen-bond acceptors (Lipinski definition) is 4. The van der Waals surface area contributed by atoms with Gasteiger partial charge in [0.2, 0.25) is 0 Å². The molecule has 0 fully saturated rings. The van der Waals surface area contributed by atoms with Crippen molar-refractivity contribution in [3.05, 3.63) is 75.9 Å². The Morgan fingerprint density at radius 1 is 1.03 bits per heavy atom. The fourth-order valence-corrected chi connectivity index (χ4v) is 3.70. The van der Waals surface area contributed by atoms with Crippen LogP contribution in [0.25, 0.3) is 11.3 Å². The molecule has 0 spiro atoms. The van der Waals surface area contributed by atoms with Gasteiger partial charge in [-0.05, 0) is 42.5 Å². The van der Waals surface area contributed by atoms with Crippen LogP contribution in [0.2, 0.25) is 10.0 Å². The summed E-state index contributed by atoms with van der Waals surface area (Å²) in [7, 11) is -3.50. The number of halogens is 4. The van der Waals surface area contributed by atoms with Crippen molar-refractivity contribution in [1.82, 2.24) is 4.98 Å². The lowest BCUT2D eigenvalue weighted by molar-refractivity contribution is 0.102. The molecular formula is C19H12Cl2F2N2O3S. The third-order valence-electron chi connectivity index (χ3n) is 3.92. The Bertz CT molecular complexity index is 1220. The quantitative estimate of drug-likeness (QED) is 0.599. The van der Waals surface area contributed by atoms with E-state index in [-0.39, 0.29) is 37.4 Å². The van der Waals surface area contributed by atoms with E-state index in [4.69, 9.17) is 23.2 Å². The van der Waals surface area contributed by atoms with Crippen LogP contribution in [0.5, 0.6) is 0 Å². The van der Waals surface area contributed by atoms with E-state index in [0.717, 1.165) is 24.6 Å². The van der Waals surface area contributed by atoms with Crippen LogP contribution in [0.1, 0.15) is 10.4 Å². The molecule has 150 valence electrons. The van der Waals surface area contributed by atoms with Gasteiger partial charge >= 0.3 is 0 Å². The molecule has 3 rings (SSSR count). The van der Waals surface area contributed by atoms with Gasteiger partial charge in [0.25, 0.3) is 5.91 Å². The molecule has 10 heteroatoms. The first-order valence-corrected chi connectivity index (χ1v) is 10.6. The normalized spacial score (nSPS) is 11.3. The van der Waals surface area contributed by atoms with Crippen molar-refractivity contribution in [2.24, 2.45) is 0 Å². The molecule has 0 atom stereocenters. The minimum Gasteiger partial charge on any atom is -0.319 e. The molecule has 29 heavy (non-hydrogen) atoms. The molecule has 0 aliphatic rings. The number of benzene rings is 2. The van der Waals surface area contributed by atoms with Crippen molar-refractivity contribution >= 4 is 44.6 Å². The fraction of sp³-hybridized carbons (Fsp3) is 0.0526. The Labute approximate surface area is 175 Å². The molecule has 3 aromatic rings. The smallest absolute Gasteiger partial charge is 0.257 e. The van der Waals surface area contributed by atoms with Gasteiger partial charge in [0.1, 0.15) is 11.6 Å².